The summed E-state index contributed by atoms with van der Waals surface area (Å²) in [6.45, 7) is 4.20. The minimum absolute atomic E-state index is 0.0829. The predicted octanol–water partition coefficient (Wildman–Crippen LogP) is 0.697. The highest BCUT2D eigenvalue weighted by atomic mass is 32.2. The molecule has 0 aliphatic rings. The molecule has 1 unspecified atom stereocenters. The van der Waals surface area contributed by atoms with Crippen LogP contribution in [0.15, 0.2) is 35.5 Å². The fourth-order valence-corrected chi connectivity index (χ4v) is 3.34. The van der Waals surface area contributed by atoms with Gasteiger partial charge in [-0.15, -0.1) is 0 Å². The molecule has 9 heteroatoms. The van der Waals surface area contributed by atoms with Gasteiger partial charge >= 0.3 is 0 Å². The first kappa shape index (κ1) is 17.1. The molecule has 1 aromatic carbocycles. The molecular formula is C14H19N5O3S. The quantitative estimate of drug-likeness (QED) is 0.807. The van der Waals surface area contributed by atoms with E-state index in [-0.39, 0.29) is 10.8 Å². The van der Waals surface area contributed by atoms with Crippen LogP contribution in [0.3, 0.4) is 0 Å². The zero-order valence-electron chi connectivity index (χ0n) is 13.1. The van der Waals surface area contributed by atoms with Crippen molar-refractivity contribution in [2.75, 3.05) is 7.05 Å². The maximum absolute atomic E-state index is 12.4. The van der Waals surface area contributed by atoms with Crippen molar-refractivity contribution in [3.63, 3.8) is 0 Å². The first-order valence-electron chi connectivity index (χ1n) is 7.11. The van der Waals surface area contributed by atoms with Crippen LogP contribution in [0.4, 0.5) is 0 Å². The van der Waals surface area contributed by atoms with Gasteiger partial charge in [0.05, 0.1) is 10.9 Å². The molecule has 0 saturated carbocycles. The molecule has 0 saturated heterocycles. The van der Waals surface area contributed by atoms with Gasteiger partial charge < -0.3 is 5.32 Å². The van der Waals surface area contributed by atoms with E-state index in [2.05, 4.69) is 20.1 Å². The lowest BCUT2D eigenvalue weighted by molar-refractivity contribution is 0.0963. The molecule has 8 nitrogen and oxygen atoms in total. The number of carbonyl (C=O) groups excluding carboxylic acids is 1. The van der Waals surface area contributed by atoms with E-state index in [9.17, 15) is 13.2 Å². The molecule has 23 heavy (non-hydrogen) atoms. The fourth-order valence-electron chi connectivity index (χ4n) is 2.14. The summed E-state index contributed by atoms with van der Waals surface area (Å²) in [4.78, 5) is 15.7. The largest absolute Gasteiger partial charge is 0.355 e. The Hall–Kier alpha value is -2.26. The Morgan fingerprint density at radius 2 is 1.96 bits per heavy atom. The second-order valence-electron chi connectivity index (χ2n) is 4.88. The molecule has 2 rings (SSSR count). The number of nitrogens with one attached hydrogen (secondary N) is 2. The molecule has 2 aromatic rings. The molecule has 2 N–H and O–H groups in total. The average molecular weight is 337 g/mol. The van der Waals surface area contributed by atoms with Crippen LogP contribution in [-0.2, 0) is 16.6 Å². The number of benzene rings is 1. The Bertz CT molecular complexity index is 783. The van der Waals surface area contributed by atoms with Crippen molar-refractivity contribution in [3.05, 3.63) is 42.0 Å². The summed E-state index contributed by atoms with van der Waals surface area (Å²) in [6, 6.07) is 5.19. The average Bonchev–Trinajstić information content (AvgIpc) is 3.02. The van der Waals surface area contributed by atoms with Gasteiger partial charge in [-0.3, -0.25) is 4.79 Å². The van der Waals surface area contributed by atoms with Gasteiger partial charge in [0.2, 0.25) is 10.0 Å². The lowest BCUT2D eigenvalue weighted by Crippen LogP contribution is -2.29. The van der Waals surface area contributed by atoms with Crippen molar-refractivity contribution in [1.82, 2.24) is 24.8 Å². The van der Waals surface area contributed by atoms with Crippen LogP contribution in [0.25, 0.3) is 0 Å². The number of amides is 1. The number of hydrogen-bond donors (Lipinski definition) is 2. The summed E-state index contributed by atoms with van der Waals surface area (Å²) in [7, 11) is -2.21. The summed E-state index contributed by atoms with van der Waals surface area (Å²) < 4.78 is 29.0. The van der Waals surface area contributed by atoms with Gasteiger partial charge in [0.15, 0.2) is 0 Å². The van der Waals surface area contributed by atoms with Crippen molar-refractivity contribution in [1.29, 1.82) is 0 Å². The van der Waals surface area contributed by atoms with Crippen molar-refractivity contribution in [2.24, 2.45) is 0 Å². The van der Waals surface area contributed by atoms with Crippen molar-refractivity contribution in [3.8, 4) is 0 Å². The minimum Gasteiger partial charge on any atom is -0.355 e. The van der Waals surface area contributed by atoms with E-state index >= 15 is 0 Å². The maximum Gasteiger partial charge on any atom is 0.251 e. The molecule has 0 fully saturated rings. The van der Waals surface area contributed by atoms with Crippen LogP contribution in [0.5, 0.6) is 0 Å². The van der Waals surface area contributed by atoms with Gasteiger partial charge in [-0.1, -0.05) is 0 Å². The number of sulfonamides is 1. The first-order chi connectivity index (χ1) is 10.9. The number of hydrogen-bond acceptors (Lipinski definition) is 5. The van der Waals surface area contributed by atoms with E-state index in [0.717, 1.165) is 0 Å². The second-order valence-corrected chi connectivity index (χ2v) is 6.59. The van der Waals surface area contributed by atoms with E-state index in [1.165, 1.54) is 37.6 Å². The van der Waals surface area contributed by atoms with Crippen LogP contribution in [0, 0.1) is 0 Å². The van der Waals surface area contributed by atoms with E-state index in [1.807, 2.05) is 6.92 Å². The lowest BCUT2D eigenvalue weighted by Gasteiger charge is -2.14. The molecule has 0 spiro atoms. The van der Waals surface area contributed by atoms with Crippen LogP contribution in [0.1, 0.15) is 36.1 Å². The van der Waals surface area contributed by atoms with Crippen LogP contribution in [-0.4, -0.2) is 36.1 Å². The summed E-state index contributed by atoms with van der Waals surface area (Å²) in [5.74, 6) is 0.268. The van der Waals surface area contributed by atoms with Gasteiger partial charge in [-0.25, -0.2) is 22.8 Å². The third-order valence-electron chi connectivity index (χ3n) is 3.32. The number of nitrogens with zero attached hydrogens (tertiary/aromatic N) is 3. The molecule has 0 aliphatic carbocycles. The normalized spacial score (nSPS) is 12.8. The highest BCUT2D eigenvalue weighted by Gasteiger charge is 2.21. The third kappa shape index (κ3) is 3.74. The van der Waals surface area contributed by atoms with E-state index in [0.29, 0.717) is 17.9 Å². The number of carbonyl (C=O) groups is 1. The van der Waals surface area contributed by atoms with Crippen LogP contribution in [0.2, 0.25) is 0 Å². The number of rotatable bonds is 6. The van der Waals surface area contributed by atoms with Crippen molar-refractivity contribution >= 4 is 15.9 Å². The van der Waals surface area contributed by atoms with Gasteiger partial charge in [0.25, 0.3) is 5.91 Å². The SMILES string of the molecule is CCn1ncnc1C(C)NS(=O)(=O)c1ccc(C(=O)NC)cc1. The van der Waals surface area contributed by atoms with E-state index in [1.54, 1.807) is 11.6 Å². The van der Waals surface area contributed by atoms with Gasteiger partial charge in [0.1, 0.15) is 12.2 Å². The van der Waals surface area contributed by atoms with Gasteiger partial charge in [0, 0.05) is 19.2 Å². The fraction of sp³-hybridized carbons (Fsp3) is 0.357. The Kier molecular flexibility index (Phi) is 5.12. The molecular weight excluding hydrogens is 318 g/mol. The zero-order valence-corrected chi connectivity index (χ0v) is 14.0. The number of aromatic nitrogens is 3. The third-order valence-corrected chi connectivity index (χ3v) is 4.87. The molecule has 124 valence electrons. The highest BCUT2D eigenvalue weighted by Crippen LogP contribution is 2.16. The summed E-state index contributed by atoms with van der Waals surface area (Å²) in [5.41, 5.74) is 0.394. The smallest absolute Gasteiger partial charge is 0.251 e. The van der Waals surface area contributed by atoms with Gasteiger partial charge in [-0.2, -0.15) is 5.10 Å². The Balaban J connectivity index is 2.20. The Morgan fingerprint density at radius 3 is 2.52 bits per heavy atom. The van der Waals surface area contributed by atoms with Crippen molar-refractivity contribution in [2.45, 2.75) is 31.3 Å². The monoisotopic (exact) mass is 337 g/mol. The predicted molar refractivity (Wildman–Crippen MR) is 84.3 cm³/mol. The summed E-state index contributed by atoms with van der Waals surface area (Å²) in [5, 5.41) is 6.51. The minimum atomic E-state index is -3.72. The van der Waals surface area contributed by atoms with Crippen LogP contribution >= 0.6 is 0 Å². The Morgan fingerprint density at radius 1 is 1.30 bits per heavy atom. The highest BCUT2D eigenvalue weighted by molar-refractivity contribution is 7.89. The topological polar surface area (TPSA) is 106 Å². The molecule has 0 aliphatic heterocycles. The summed E-state index contributed by atoms with van der Waals surface area (Å²) in [6.07, 6.45) is 1.39. The van der Waals surface area contributed by atoms with Gasteiger partial charge in [-0.05, 0) is 38.1 Å². The maximum atomic E-state index is 12.4. The zero-order chi connectivity index (χ0) is 17.0. The molecule has 1 atom stereocenters. The molecule has 0 bridgehead atoms. The first-order valence-corrected chi connectivity index (χ1v) is 8.59. The van der Waals surface area contributed by atoms with Crippen LogP contribution < -0.4 is 10.0 Å². The number of aryl methyl sites for hydroxylation is 1. The molecule has 0 radical (unpaired) electrons. The Labute approximate surface area is 135 Å². The second kappa shape index (κ2) is 6.88. The molecule has 1 amide bonds. The lowest BCUT2D eigenvalue weighted by atomic mass is 10.2. The van der Waals surface area contributed by atoms with E-state index < -0.39 is 16.1 Å². The standard InChI is InChI=1S/C14H19N5O3S/c1-4-19-13(16-9-17-19)10(2)18-23(21,22)12-7-5-11(6-8-12)14(20)15-3/h5-10,18H,4H2,1-3H3,(H,15,20). The summed E-state index contributed by atoms with van der Waals surface area (Å²) >= 11 is 0. The molecule has 1 heterocycles. The van der Waals surface area contributed by atoms with E-state index in [4.69, 9.17) is 0 Å². The van der Waals surface area contributed by atoms with Crippen molar-refractivity contribution < 1.29 is 13.2 Å². The molecule has 1 aromatic heterocycles.